The Balaban J connectivity index is 2.07. The summed E-state index contributed by atoms with van der Waals surface area (Å²) < 4.78 is 1.68. The fraction of sp³-hybridized carbons (Fsp3) is 0.706. The van der Waals surface area contributed by atoms with E-state index in [2.05, 4.69) is 24.1 Å². The Bertz CT molecular complexity index is 632. The van der Waals surface area contributed by atoms with Crippen molar-refractivity contribution in [2.24, 2.45) is 5.92 Å². The molecule has 5 nitrogen and oxygen atoms in total. The molecule has 1 unspecified atom stereocenters. The SMILES string of the molecule is CC(C)CCNC(=O)CC1CSc2nc(C(C)(C)C)cc(=O)n21. The van der Waals surface area contributed by atoms with Gasteiger partial charge in [0, 0.05) is 30.2 Å². The summed E-state index contributed by atoms with van der Waals surface area (Å²) in [6.07, 6.45) is 1.31. The van der Waals surface area contributed by atoms with Crippen LogP contribution in [-0.4, -0.2) is 27.8 Å². The maximum absolute atomic E-state index is 12.5. The van der Waals surface area contributed by atoms with Gasteiger partial charge in [-0.05, 0) is 12.3 Å². The van der Waals surface area contributed by atoms with Gasteiger partial charge in [-0.1, -0.05) is 46.4 Å². The fourth-order valence-corrected chi connectivity index (χ4v) is 3.62. The first kappa shape index (κ1) is 18.0. The largest absolute Gasteiger partial charge is 0.356 e. The van der Waals surface area contributed by atoms with E-state index in [1.54, 1.807) is 22.4 Å². The molecule has 2 rings (SSSR count). The molecule has 1 atom stereocenters. The molecule has 128 valence electrons. The molecule has 6 heteroatoms. The van der Waals surface area contributed by atoms with Crippen molar-refractivity contribution in [2.45, 2.75) is 64.1 Å². The molecule has 0 saturated heterocycles. The van der Waals surface area contributed by atoms with Crippen LogP contribution in [-0.2, 0) is 10.2 Å². The van der Waals surface area contributed by atoms with Gasteiger partial charge >= 0.3 is 0 Å². The number of thioether (sulfide) groups is 1. The van der Waals surface area contributed by atoms with Crippen LogP contribution in [0.4, 0.5) is 0 Å². The Hall–Kier alpha value is -1.30. The molecule has 0 saturated carbocycles. The van der Waals surface area contributed by atoms with Crippen LogP contribution in [0.25, 0.3) is 0 Å². The first-order valence-electron chi connectivity index (χ1n) is 8.22. The predicted octanol–water partition coefficient (Wildman–Crippen LogP) is 2.74. The highest BCUT2D eigenvalue weighted by Gasteiger charge is 2.29. The van der Waals surface area contributed by atoms with E-state index in [1.165, 1.54) is 0 Å². The third-order valence-electron chi connectivity index (χ3n) is 3.92. The maximum atomic E-state index is 12.5. The van der Waals surface area contributed by atoms with E-state index in [0.29, 0.717) is 18.9 Å². The lowest BCUT2D eigenvalue weighted by Gasteiger charge is -2.19. The highest BCUT2D eigenvalue weighted by Crippen LogP contribution is 2.33. The Kier molecular flexibility index (Phi) is 5.55. The number of nitrogens with one attached hydrogen (secondary N) is 1. The Morgan fingerprint density at radius 1 is 1.48 bits per heavy atom. The van der Waals surface area contributed by atoms with Gasteiger partial charge in [0.2, 0.25) is 5.91 Å². The van der Waals surface area contributed by atoms with Crippen LogP contribution in [0.3, 0.4) is 0 Å². The van der Waals surface area contributed by atoms with Crippen molar-refractivity contribution in [3.8, 4) is 0 Å². The van der Waals surface area contributed by atoms with Crippen molar-refractivity contribution in [1.29, 1.82) is 0 Å². The number of nitrogens with zero attached hydrogens (tertiary/aromatic N) is 2. The molecule has 1 amide bonds. The molecular formula is C17H27N3O2S. The minimum Gasteiger partial charge on any atom is -0.356 e. The Morgan fingerprint density at radius 2 is 2.17 bits per heavy atom. The molecule has 23 heavy (non-hydrogen) atoms. The molecule has 1 aromatic heterocycles. The van der Waals surface area contributed by atoms with Crippen molar-refractivity contribution < 1.29 is 4.79 Å². The van der Waals surface area contributed by atoms with Crippen LogP contribution in [0.2, 0.25) is 0 Å². The molecule has 1 aliphatic heterocycles. The third kappa shape index (κ3) is 4.59. The third-order valence-corrected chi connectivity index (χ3v) is 5.02. The average Bonchev–Trinajstić information content (AvgIpc) is 2.80. The van der Waals surface area contributed by atoms with E-state index in [4.69, 9.17) is 0 Å². The lowest BCUT2D eigenvalue weighted by Crippen LogP contribution is -2.32. The van der Waals surface area contributed by atoms with Gasteiger partial charge in [-0.3, -0.25) is 14.2 Å². The van der Waals surface area contributed by atoms with Gasteiger partial charge in [-0.15, -0.1) is 0 Å². The number of hydrogen-bond donors (Lipinski definition) is 1. The Morgan fingerprint density at radius 3 is 2.78 bits per heavy atom. The number of fused-ring (bicyclic) bond motifs is 1. The zero-order chi connectivity index (χ0) is 17.2. The van der Waals surface area contributed by atoms with Gasteiger partial charge in [0.15, 0.2) is 5.16 Å². The van der Waals surface area contributed by atoms with Gasteiger partial charge in [0.25, 0.3) is 5.56 Å². The summed E-state index contributed by atoms with van der Waals surface area (Å²) in [5.41, 5.74) is 0.606. The van der Waals surface area contributed by atoms with Gasteiger partial charge in [0.1, 0.15) is 0 Å². The van der Waals surface area contributed by atoms with Gasteiger partial charge < -0.3 is 5.32 Å². The summed E-state index contributed by atoms with van der Waals surface area (Å²) in [4.78, 5) is 29.1. The Labute approximate surface area is 142 Å². The first-order chi connectivity index (χ1) is 10.7. The average molecular weight is 337 g/mol. The van der Waals surface area contributed by atoms with Crippen LogP contribution in [0.1, 0.15) is 59.2 Å². The molecule has 0 bridgehead atoms. The highest BCUT2D eigenvalue weighted by atomic mass is 32.2. The second-order valence-corrected chi connectivity index (χ2v) is 8.57. The molecule has 1 N–H and O–H groups in total. The molecule has 0 radical (unpaired) electrons. The highest BCUT2D eigenvalue weighted by molar-refractivity contribution is 7.99. The normalized spacial score (nSPS) is 17.4. The predicted molar refractivity (Wildman–Crippen MR) is 94.0 cm³/mol. The fourth-order valence-electron chi connectivity index (χ4n) is 2.47. The van der Waals surface area contributed by atoms with E-state index in [1.807, 2.05) is 20.8 Å². The summed E-state index contributed by atoms with van der Waals surface area (Å²) in [5.74, 6) is 1.31. The lowest BCUT2D eigenvalue weighted by atomic mass is 9.92. The van der Waals surface area contributed by atoms with Crippen LogP contribution < -0.4 is 10.9 Å². The molecule has 0 aliphatic carbocycles. The van der Waals surface area contributed by atoms with E-state index in [-0.39, 0.29) is 22.9 Å². The number of hydrogen-bond acceptors (Lipinski definition) is 4. The van der Waals surface area contributed by atoms with Crippen molar-refractivity contribution in [3.63, 3.8) is 0 Å². The molecule has 0 aromatic carbocycles. The lowest BCUT2D eigenvalue weighted by molar-refractivity contribution is -0.121. The van der Waals surface area contributed by atoms with Gasteiger partial charge in [-0.2, -0.15) is 0 Å². The standard InChI is InChI=1S/C17H27N3O2S/c1-11(2)6-7-18-14(21)8-12-10-23-16-19-13(17(3,4)5)9-15(22)20(12)16/h9,11-12H,6-8,10H2,1-5H3,(H,18,21). The van der Waals surface area contributed by atoms with Crippen LogP contribution in [0, 0.1) is 5.92 Å². The van der Waals surface area contributed by atoms with Crippen molar-refractivity contribution in [3.05, 3.63) is 22.1 Å². The van der Waals surface area contributed by atoms with Crippen LogP contribution in [0.5, 0.6) is 0 Å². The summed E-state index contributed by atoms with van der Waals surface area (Å²) >= 11 is 1.56. The monoisotopic (exact) mass is 337 g/mol. The smallest absolute Gasteiger partial charge is 0.254 e. The molecule has 1 aliphatic rings. The number of amides is 1. The van der Waals surface area contributed by atoms with E-state index in [9.17, 15) is 9.59 Å². The number of aromatic nitrogens is 2. The molecule has 0 fully saturated rings. The number of carbonyl (C=O) groups excluding carboxylic acids is 1. The van der Waals surface area contributed by atoms with Crippen LogP contribution >= 0.6 is 11.8 Å². The summed E-state index contributed by atoms with van der Waals surface area (Å²) in [7, 11) is 0. The van der Waals surface area contributed by atoms with Crippen molar-refractivity contribution in [2.75, 3.05) is 12.3 Å². The minimum atomic E-state index is -0.151. The zero-order valence-electron chi connectivity index (χ0n) is 14.7. The topological polar surface area (TPSA) is 64.0 Å². The van der Waals surface area contributed by atoms with E-state index in [0.717, 1.165) is 23.0 Å². The quantitative estimate of drug-likeness (QED) is 0.839. The van der Waals surface area contributed by atoms with Gasteiger partial charge in [-0.25, -0.2) is 4.98 Å². The summed E-state index contributed by atoms with van der Waals surface area (Å²) in [6.45, 7) is 11.1. The molecule has 2 heterocycles. The molecule has 1 aromatic rings. The first-order valence-corrected chi connectivity index (χ1v) is 9.20. The van der Waals surface area contributed by atoms with E-state index >= 15 is 0 Å². The maximum Gasteiger partial charge on any atom is 0.254 e. The second-order valence-electron chi connectivity index (χ2n) is 7.58. The summed E-state index contributed by atoms with van der Waals surface area (Å²) in [5, 5.41) is 3.68. The number of carbonyl (C=O) groups is 1. The zero-order valence-corrected chi connectivity index (χ0v) is 15.5. The number of rotatable bonds is 5. The van der Waals surface area contributed by atoms with E-state index < -0.39 is 0 Å². The van der Waals surface area contributed by atoms with Crippen LogP contribution in [0.15, 0.2) is 16.0 Å². The second kappa shape index (κ2) is 7.07. The van der Waals surface area contributed by atoms with Gasteiger partial charge in [0.05, 0.1) is 11.7 Å². The summed E-state index contributed by atoms with van der Waals surface area (Å²) in [6, 6.07) is 1.52. The van der Waals surface area contributed by atoms with Crippen molar-refractivity contribution in [1.82, 2.24) is 14.9 Å². The molecule has 0 spiro atoms. The van der Waals surface area contributed by atoms with Crippen molar-refractivity contribution >= 4 is 17.7 Å². The minimum absolute atomic E-state index is 0.0101. The molecular weight excluding hydrogens is 310 g/mol.